The Morgan fingerprint density at radius 1 is 1.50 bits per heavy atom. The van der Waals surface area contributed by atoms with Crippen molar-refractivity contribution in [2.24, 2.45) is 0 Å². The van der Waals surface area contributed by atoms with Gasteiger partial charge in [0.05, 0.1) is 0 Å². The van der Waals surface area contributed by atoms with Crippen molar-refractivity contribution < 1.29 is 19.4 Å². The largest absolute Gasteiger partial charge is 0.479 e. The van der Waals surface area contributed by atoms with Crippen LogP contribution in [0.15, 0.2) is 0 Å². The highest BCUT2D eigenvalue weighted by atomic mass is 16.6. The number of carboxylic acid groups (broad SMARTS) is 1. The highest BCUT2D eigenvalue weighted by molar-refractivity contribution is 5.73. The minimum atomic E-state index is -1.16. The molecular formula is C5H9NO4. The van der Waals surface area contributed by atoms with Gasteiger partial charge in [0.25, 0.3) is 0 Å². The number of carbonyl (C=O) groups is 2. The predicted octanol–water partition coefficient (Wildman–Crippen LogP) is -0.231. The fraction of sp³-hybridized carbons (Fsp3) is 0.600. The van der Waals surface area contributed by atoms with E-state index in [0.717, 1.165) is 4.90 Å². The van der Waals surface area contributed by atoms with Crippen LogP contribution in [0.4, 0.5) is 4.79 Å². The van der Waals surface area contributed by atoms with Crippen molar-refractivity contribution in [2.75, 3.05) is 20.7 Å². The second-order valence-corrected chi connectivity index (χ2v) is 1.84. The Morgan fingerprint density at radius 2 is 2.00 bits per heavy atom. The third-order valence-electron chi connectivity index (χ3n) is 0.684. The molecule has 0 aliphatic carbocycles. The Morgan fingerprint density at radius 3 is 2.30 bits per heavy atom. The first-order valence-electron chi connectivity index (χ1n) is 2.60. The highest BCUT2D eigenvalue weighted by Crippen LogP contribution is 1.84. The van der Waals surface area contributed by atoms with E-state index in [1.165, 1.54) is 14.1 Å². The molecule has 0 saturated heterocycles. The monoisotopic (exact) mass is 147 g/mol. The summed E-state index contributed by atoms with van der Waals surface area (Å²) in [6, 6.07) is 0. The summed E-state index contributed by atoms with van der Waals surface area (Å²) in [6.07, 6.45) is -0.651. The number of aliphatic carboxylic acids is 1. The lowest BCUT2D eigenvalue weighted by Gasteiger charge is -2.08. The van der Waals surface area contributed by atoms with Gasteiger partial charge in [-0.15, -0.1) is 0 Å². The van der Waals surface area contributed by atoms with Crippen LogP contribution in [0.2, 0.25) is 0 Å². The second-order valence-electron chi connectivity index (χ2n) is 1.84. The molecule has 0 rings (SSSR count). The quantitative estimate of drug-likeness (QED) is 0.585. The van der Waals surface area contributed by atoms with Crippen LogP contribution in [0.5, 0.6) is 0 Å². The van der Waals surface area contributed by atoms with Gasteiger partial charge < -0.3 is 14.7 Å². The van der Waals surface area contributed by atoms with Crippen LogP contribution in [0, 0.1) is 0 Å². The summed E-state index contributed by atoms with van der Waals surface area (Å²) in [7, 11) is 2.95. The fourth-order valence-corrected chi connectivity index (χ4v) is 0.253. The number of hydrogen-bond donors (Lipinski definition) is 1. The van der Waals surface area contributed by atoms with E-state index < -0.39 is 18.7 Å². The van der Waals surface area contributed by atoms with Gasteiger partial charge in [-0.25, -0.2) is 9.59 Å². The molecule has 0 bridgehead atoms. The first-order valence-corrected chi connectivity index (χ1v) is 2.60. The third-order valence-corrected chi connectivity index (χ3v) is 0.684. The zero-order valence-electron chi connectivity index (χ0n) is 5.83. The number of ether oxygens (including phenoxy) is 1. The molecule has 5 nitrogen and oxygen atoms in total. The van der Waals surface area contributed by atoms with Crippen LogP contribution in [0.1, 0.15) is 0 Å². The van der Waals surface area contributed by atoms with E-state index in [1.807, 2.05) is 0 Å². The normalized spacial score (nSPS) is 8.60. The Labute approximate surface area is 58.2 Å². The van der Waals surface area contributed by atoms with E-state index in [9.17, 15) is 9.59 Å². The summed E-state index contributed by atoms with van der Waals surface area (Å²) in [4.78, 5) is 21.5. The van der Waals surface area contributed by atoms with E-state index >= 15 is 0 Å². The average Bonchev–Trinajstić information content (AvgIpc) is 1.82. The van der Waals surface area contributed by atoms with Gasteiger partial charge in [0.1, 0.15) is 0 Å². The van der Waals surface area contributed by atoms with E-state index in [-0.39, 0.29) is 0 Å². The van der Waals surface area contributed by atoms with Gasteiger partial charge >= 0.3 is 12.1 Å². The van der Waals surface area contributed by atoms with Crippen molar-refractivity contribution in [3.8, 4) is 0 Å². The minimum Gasteiger partial charge on any atom is -0.479 e. The number of hydrogen-bond acceptors (Lipinski definition) is 3. The van der Waals surface area contributed by atoms with Gasteiger partial charge in [-0.2, -0.15) is 0 Å². The molecule has 0 radical (unpaired) electrons. The minimum absolute atomic E-state index is 0.586. The van der Waals surface area contributed by atoms with Crippen molar-refractivity contribution in [2.45, 2.75) is 0 Å². The van der Waals surface area contributed by atoms with Crippen LogP contribution < -0.4 is 0 Å². The van der Waals surface area contributed by atoms with Crippen LogP contribution in [-0.2, 0) is 9.53 Å². The molecule has 0 aliphatic heterocycles. The molecule has 0 fully saturated rings. The first kappa shape index (κ1) is 8.74. The molecule has 0 saturated carbocycles. The van der Waals surface area contributed by atoms with Gasteiger partial charge in [-0.3, -0.25) is 0 Å². The lowest BCUT2D eigenvalue weighted by Crippen LogP contribution is -2.25. The molecule has 10 heavy (non-hydrogen) atoms. The average molecular weight is 147 g/mol. The summed E-state index contributed by atoms with van der Waals surface area (Å²) >= 11 is 0. The molecular weight excluding hydrogens is 138 g/mol. The molecule has 0 unspecified atom stereocenters. The third kappa shape index (κ3) is 3.71. The lowest BCUT2D eigenvalue weighted by molar-refractivity contribution is -0.140. The SMILES string of the molecule is CN(C)C(=O)OCC(=O)O. The van der Waals surface area contributed by atoms with Crippen molar-refractivity contribution in [3.05, 3.63) is 0 Å². The van der Waals surface area contributed by atoms with Gasteiger partial charge in [-0.05, 0) is 0 Å². The number of nitrogens with zero attached hydrogens (tertiary/aromatic N) is 1. The van der Waals surface area contributed by atoms with E-state index in [1.54, 1.807) is 0 Å². The lowest BCUT2D eigenvalue weighted by atomic mass is 10.7. The Balaban J connectivity index is 3.50. The molecule has 5 heteroatoms. The Bertz CT molecular complexity index is 143. The van der Waals surface area contributed by atoms with Crippen LogP contribution in [0.25, 0.3) is 0 Å². The highest BCUT2D eigenvalue weighted by Gasteiger charge is 2.06. The molecule has 0 atom stereocenters. The Hall–Kier alpha value is -1.26. The maximum absolute atomic E-state index is 10.5. The van der Waals surface area contributed by atoms with E-state index in [0.29, 0.717) is 0 Å². The van der Waals surface area contributed by atoms with Crippen molar-refractivity contribution in [1.82, 2.24) is 4.90 Å². The van der Waals surface area contributed by atoms with Crippen molar-refractivity contribution >= 4 is 12.1 Å². The topological polar surface area (TPSA) is 66.8 Å². The molecule has 0 aliphatic rings. The molecule has 0 aromatic heterocycles. The zero-order chi connectivity index (χ0) is 8.15. The maximum Gasteiger partial charge on any atom is 0.409 e. The number of carboxylic acids is 1. The van der Waals surface area contributed by atoms with Crippen molar-refractivity contribution in [3.63, 3.8) is 0 Å². The van der Waals surface area contributed by atoms with Gasteiger partial charge in [0, 0.05) is 14.1 Å². The van der Waals surface area contributed by atoms with Gasteiger partial charge in [0.2, 0.25) is 0 Å². The van der Waals surface area contributed by atoms with E-state index in [4.69, 9.17) is 5.11 Å². The summed E-state index contributed by atoms with van der Waals surface area (Å²) in [5, 5.41) is 8.05. The number of amides is 1. The van der Waals surface area contributed by atoms with Crippen LogP contribution in [-0.4, -0.2) is 42.8 Å². The molecule has 0 heterocycles. The first-order chi connectivity index (χ1) is 4.54. The zero-order valence-corrected chi connectivity index (χ0v) is 5.83. The van der Waals surface area contributed by atoms with Gasteiger partial charge in [0.15, 0.2) is 6.61 Å². The molecule has 1 N–H and O–H groups in total. The summed E-state index contributed by atoms with van der Waals surface area (Å²) in [5.41, 5.74) is 0. The van der Waals surface area contributed by atoms with Crippen LogP contribution in [0.3, 0.4) is 0 Å². The van der Waals surface area contributed by atoms with E-state index in [2.05, 4.69) is 4.74 Å². The summed E-state index contributed by atoms with van der Waals surface area (Å²) < 4.78 is 4.25. The van der Waals surface area contributed by atoms with Crippen molar-refractivity contribution in [1.29, 1.82) is 0 Å². The molecule has 0 aromatic carbocycles. The van der Waals surface area contributed by atoms with Gasteiger partial charge in [-0.1, -0.05) is 0 Å². The summed E-state index contributed by atoms with van der Waals surface area (Å²) in [6.45, 7) is -0.586. The second kappa shape index (κ2) is 3.71. The fourth-order valence-electron chi connectivity index (χ4n) is 0.253. The standard InChI is InChI=1S/C5H9NO4/c1-6(2)5(9)10-3-4(7)8/h3H2,1-2H3,(H,7,8). The molecule has 0 aromatic rings. The predicted molar refractivity (Wildman–Crippen MR) is 32.7 cm³/mol. The smallest absolute Gasteiger partial charge is 0.409 e. The Kier molecular flexibility index (Phi) is 3.24. The number of carbonyl (C=O) groups excluding carboxylic acids is 1. The maximum atomic E-state index is 10.5. The molecule has 58 valence electrons. The molecule has 0 spiro atoms. The number of rotatable bonds is 2. The van der Waals surface area contributed by atoms with Crippen LogP contribution >= 0.6 is 0 Å². The summed E-state index contributed by atoms with van der Waals surface area (Å²) in [5.74, 6) is -1.16. The molecule has 1 amide bonds.